The molecule has 1 aromatic carbocycles. The molecule has 2 aromatic rings. The van der Waals surface area contributed by atoms with E-state index in [4.69, 9.17) is 15.3 Å². The van der Waals surface area contributed by atoms with Crippen LogP contribution in [0.25, 0.3) is 0 Å². The molecular formula is C21H22F2N4O4. The molecular weight excluding hydrogens is 410 g/mol. The molecule has 2 aliphatic rings. The molecule has 2 heterocycles. The molecule has 2 amide bonds. The van der Waals surface area contributed by atoms with Gasteiger partial charge < -0.3 is 10.5 Å². The first-order valence-corrected chi connectivity index (χ1v) is 10.1. The van der Waals surface area contributed by atoms with Crippen molar-refractivity contribution in [3.8, 4) is 5.88 Å². The van der Waals surface area contributed by atoms with Gasteiger partial charge in [0.25, 0.3) is 5.91 Å². The number of nitrogens with two attached hydrogens (primary N) is 1. The molecule has 1 aliphatic carbocycles. The van der Waals surface area contributed by atoms with Gasteiger partial charge >= 0.3 is 0 Å². The van der Waals surface area contributed by atoms with Crippen LogP contribution in [0.3, 0.4) is 0 Å². The van der Waals surface area contributed by atoms with E-state index in [1.54, 1.807) is 0 Å². The number of amides is 2. The minimum Gasteiger partial charge on any atom is -0.477 e. The quantitative estimate of drug-likeness (QED) is 0.752. The Morgan fingerprint density at radius 1 is 1.13 bits per heavy atom. The van der Waals surface area contributed by atoms with Crippen molar-refractivity contribution in [3.05, 3.63) is 53.5 Å². The Hall–Kier alpha value is -3.14. The highest BCUT2D eigenvalue weighted by atomic mass is 19.1. The highest BCUT2D eigenvalue weighted by Crippen LogP contribution is 2.38. The lowest BCUT2D eigenvalue weighted by atomic mass is 10.0. The van der Waals surface area contributed by atoms with Gasteiger partial charge in [-0.15, -0.1) is 0 Å². The van der Waals surface area contributed by atoms with Gasteiger partial charge in [0.05, 0.1) is 19.3 Å². The number of hydrogen-bond acceptors (Lipinski definition) is 6. The van der Waals surface area contributed by atoms with E-state index in [1.165, 1.54) is 29.6 Å². The number of nitrogens with zero attached hydrogens (tertiary/aromatic N) is 3. The summed E-state index contributed by atoms with van der Waals surface area (Å²) in [7, 11) is 0. The van der Waals surface area contributed by atoms with E-state index in [9.17, 15) is 18.4 Å². The molecule has 2 fully saturated rings. The number of rotatable bonds is 6. The summed E-state index contributed by atoms with van der Waals surface area (Å²) in [6.07, 6.45) is 3.71. The summed E-state index contributed by atoms with van der Waals surface area (Å²) in [4.78, 5) is 37.5. The normalized spacial score (nSPS) is 23.2. The van der Waals surface area contributed by atoms with Crippen LogP contribution in [0.4, 0.5) is 8.78 Å². The first-order chi connectivity index (χ1) is 14.9. The maximum Gasteiger partial charge on any atom is 0.267 e. The molecule has 1 saturated heterocycles. The van der Waals surface area contributed by atoms with E-state index < -0.39 is 23.6 Å². The van der Waals surface area contributed by atoms with Gasteiger partial charge in [-0.25, -0.2) is 23.8 Å². The number of hydrogen-bond donors (Lipinski definition) is 1. The fourth-order valence-electron chi connectivity index (χ4n) is 4.14. The molecule has 0 bridgehead atoms. The number of benzene rings is 1. The van der Waals surface area contributed by atoms with Crippen molar-refractivity contribution in [2.24, 2.45) is 17.6 Å². The van der Waals surface area contributed by atoms with Crippen LogP contribution in [0.15, 0.2) is 30.6 Å². The maximum absolute atomic E-state index is 13.6. The summed E-state index contributed by atoms with van der Waals surface area (Å²) >= 11 is 0. The molecule has 3 atom stereocenters. The van der Waals surface area contributed by atoms with E-state index in [0.717, 1.165) is 12.5 Å². The van der Waals surface area contributed by atoms with Gasteiger partial charge in [0.15, 0.2) is 0 Å². The van der Waals surface area contributed by atoms with E-state index in [2.05, 4.69) is 9.97 Å². The Labute approximate surface area is 177 Å². The van der Waals surface area contributed by atoms with E-state index in [1.807, 2.05) is 0 Å². The molecule has 1 saturated carbocycles. The van der Waals surface area contributed by atoms with Gasteiger partial charge in [0.1, 0.15) is 23.7 Å². The number of carbonyl (C=O) groups is 2. The fourth-order valence-corrected chi connectivity index (χ4v) is 4.14. The van der Waals surface area contributed by atoms with E-state index >= 15 is 0 Å². The monoisotopic (exact) mass is 432 g/mol. The number of ether oxygens (including phenoxy) is 1. The predicted molar refractivity (Wildman–Crippen MR) is 103 cm³/mol. The smallest absolute Gasteiger partial charge is 0.267 e. The molecule has 8 nitrogen and oxygen atoms in total. The van der Waals surface area contributed by atoms with Crippen LogP contribution in [0.5, 0.6) is 5.88 Å². The van der Waals surface area contributed by atoms with Crippen molar-refractivity contribution < 1.29 is 27.9 Å². The third-order valence-corrected chi connectivity index (χ3v) is 5.64. The lowest BCUT2D eigenvalue weighted by Crippen LogP contribution is -2.34. The van der Waals surface area contributed by atoms with Crippen molar-refractivity contribution in [1.82, 2.24) is 15.0 Å². The van der Waals surface area contributed by atoms with Crippen LogP contribution in [0, 0.1) is 23.5 Å². The Morgan fingerprint density at radius 3 is 2.65 bits per heavy atom. The summed E-state index contributed by atoms with van der Waals surface area (Å²) in [5.41, 5.74) is 5.65. The SMILES string of the molecule is NC(=O)c1cc(OCC2CCC(C(=O)N3OCC[C@H]3c3cc(F)cc(F)c3)C2)ncn1. The van der Waals surface area contributed by atoms with E-state index in [0.29, 0.717) is 38.0 Å². The highest BCUT2D eigenvalue weighted by molar-refractivity contribution is 5.90. The lowest BCUT2D eigenvalue weighted by Gasteiger charge is -2.25. The van der Waals surface area contributed by atoms with E-state index in [-0.39, 0.29) is 29.3 Å². The molecule has 0 radical (unpaired) electrons. The molecule has 164 valence electrons. The number of carbonyl (C=O) groups excluding carboxylic acids is 2. The minimum atomic E-state index is -0.684. The van der Waals surface area contributed by atoms with Crippen molar-refractivity contribution in [2.45, 2.75) is 31.7 Å². The van der Waals surface area contributed by atoms with Gasteiger partial charge in [0, 0.05) is 24.5 Å². The zero-order chi connectivity index (χ0) is 22.0. The fraction of sp³-hybridized carbons (Fsp3) is 0.429. The Kier molecular flexibility index (Phi) is 6.08. The largest absolute Gasteiger partial charge is 0.477 e. The molecule has 2 N–H and O–H groups in total. The van der Waals surface area contributed by atoms with Gasteiger partial charge in [-0.05, 0) is 42.9 Å². The Bertz CT molecular complexity index is 969. The second kappa shape index (κ2) is 8.93. The van der Waals surface area contributed by atoms with Crippen LogP contribution in [-0.2, 0) is 9.63 Å². The third-order valence-electron chi connectivity index (χ3n) is 5.64. The van der Waals surface area contributed by atoms with Crippen molar-refractivity contribution in [3.63, 3.8) is 0 Å². The maximum atomic E-state index is 13.6. The van der Waals surface area contributed by atoms with Gasteiger partial charge in [-0.3, -0.25) is 14.4 Å². The summed E-state index contributed by atoms with van der Waals surface area (Å²) in [6, 6.07) is 4.13. The first-order valence-electron chi connectivity index (χ1n) is 10.1. The van der Waals surface area contributed by atoms with Gasteiger partial charge in [0.2, 0.25) is 11.8 Å². The molecule has 10 heteroatoms. The molecule has 1 aromatic heterocycles. The Balaban J connectivity index is 1.35. The summed E-state index contributed by atoms with van der Waals surface area (Å²) in [5, 5.41) is 1.27. The number of primary amides is 1. The zero-order valence-corrected chi connectivity index (χ0v) is 16.7. The van der Waals surface area contributed by atoms with Crippen molar-refractivity contribution in [2.75, 3.05) is 13.2 Å². The van der Waals surface area contributed by atoms with Crippen LogP contribution < -0.4 is 10.5 Å². The van der Waals surface area contributed by atoms with Crippen LogP contribution in [0.1, 0.15) is 47.8 Å². The van der Waals surface area contributed by atoms with Crippen LogP contribution >= 0.6 is 0 Å². The Morgan fingerprint density at radius 2 is 1.90 bits per heavy atom. The van der Waals surface area contributed by atoms with Gasteiger partial charge in [-0.2, -0.15) is 0 Å². The molecule has 1 aliphatic heterocycles. The number of hydroxylamine groups is 2. The first kappa shape index (κ1) is 21.1. The van der Waals surface area contributed by atoms with Crippen LogP contribution in [0.2, 0.25) is 0 Å². The van der Waals surface area contributed by atoms with Gasteiger partial charge in [-0.1, -0.05) is 0 Å². The zero-order valence-electron chi connectivity index (χ0n) is 16.7. The van der Waals surface area contributed by atoms with Crippen molar-refractivity contribution in [1.29, 1.82) is 0 Å². The minimum absolute atomic E-state index is 0.0653. The molecule has 2 unspecified atom stereocenters. The lowest BCUT2D eigenvalue weighted by molar-refractivity contribution is -0.181. The standard InChI is InChI=1S/C21H22F2N4O4/c22-15-6-14(7-16(23)8-15)18-3-4-31-27(18)21(29)13-2-1-12(5-13)10-30-19-9-17(20(24)28)25-11-26-19/h6-9,11-13,18H,1-5,10H2,(H2,24,28)/t12?,13?,18-/m0/s1. The second-order valence-electron chi connectivity index (χ2n) is 7.80. The van der Waals surface area contributed by atoms with Crippen molar-refractivity contribution >= 4 is 11.8 Å². The summed E-state index contributed by atoms with van der Waals surface area (Å²) in [6.45, 7) is 0.641. The third kappa shape index (κ3) is 4.79. The second-order valence-corrected chi connectivity index (χ2v) is 7.80. The van der Waals surface area contributed by atoms with Crippen LogP contribution in [-0.4, -0.2) is 40.1 Å². The topological polar surface area (TPSA) is 108 Å². The molecule has 0 spiro atoms. The highest BCUT2D eigenvalue weighted by Gasteiger charge is 2.39. The average molecular weight is 432 g/mol. The number of halogens is 2. The molecule has 4 rings (SSSR count). The molecule has 31 heavy (non-hydrogen) atoms. The average Bonchev–Trinajstić information content (AvgIpc) is 3.41. The predicted octanol–water partition coefficient (Wildman–Crippen LogP) is 2.55. The summed E-state index contributed by atoms with van der Waals surface area (Å²) in [5.74, 6) is -2.12. The number of aromatic nitrogens is 2. The summed E-state index contributed by atoms with van der Waals surface area (Å²) < 4.78 is 32.9.